The summed E-state index contributed by atoms with van der Waals surface area (Å²) in [5.41, 5.74) is 4.13. The van der Waals surface area contributed by atoms with Crippen LogP contribution in [0.5, 0.6) is 0 Å². The topological polar surface area (TPSA) is 70.2 Å². The van der Waals surface area contributed by atoms with E-state index in [1.54, 1.807) is 6.07 Å². The van der Waals surface area contributed by atoms with Crippen molar-refractivity contribution < 1.29 is 9.59 Å². The molecule has 2 aromatic carbocycles. The third-order valence-corrected chi connectivity index (χ3v) is 4.25. The van der Waals surface area contributed by atoms with E-state index in [0.717, 1.165) is 30.6 Å². The molecule has 1 heterocycles. The summed E-state index contributed by atoms with van der Waals surface area (Å²) in [4.78, 5) is 24.5. The van der Waals surface area contributed by atoms with Crippen molar-refractivity contribution in [2.75, 3.05) is 22.5 Å². The van der Waals surface area contributed by atoms with Gasteiger partial charge in [-0.05, 0) is 48.7 Å². The van der Waals surface area contributed by atoms with Crippen LogP contribution in [0.3, 0.4) is 0 Å². The summed E-state index contributed by atoms with van der Waals surface area (Å²) in [6, 6.07) is 13.0. The van der Waals surface area contributed by atoms with Crippen molar-refractivity contribution in [3.63, 3.8) is 0 Å². The highest BCUT2D eigenvalue weighted by Crippen LogP contribution is 2.26. The van der Waals surface area contributed by atoms with Crippen molar-refractivity contribution >= 4 is 41.3 Å². The lowest BCUT2D eigenvalue weighted by Crippen LogP contribution is -2.20. The molecular weight excluding hydrogens is 350 g/mol. The Morgan fingerprint density at radius 3 is 2.46 bits per heavy atom. The quantitative estimate of drug-likeness (QED) is 0.747. The minimum Gasteiger partial charge on any atom is -0.385 e. The van der Waals surface area contributed by atoms with Crippen molar-refractivity contribution in [1.29, 1.82) is 0 Å². The van der Waals surface area contributed by atoms with Crippen LogP contribution in [0.1, 0.15) is 36.2 Å². The zero-order valence-corrected chi connectivity index (χ0v) is 15.8. The maximum Gasteiger partial charge on any atom is 0.256 e. The number of carbonyl (C=O) groups is 2. The highest BCUT2D eigenvalue weighted by molar-refractivity contribution is 6.06. The molecule has 0 fully saturated rings. The Labute approximate surface area is 160 Å². The van der Waals surface area contributed by atoms with Gasteiger partial charge in [-0.2, -0.15) is 0 Å². The Kier molecular flexibility index (Phi) is 6.64. The Bertz CT molecular complexity index is 805. The largest absolute Gasteiger partial charge is 0.385 e. The monoisotopic (exact) mass is 373 g/mol. The molecule has 6 heteroatoms. The lowest BCUT2D eigenvalue weighted by atomic mass is 9.97. The molecule has 0 atom stereocenters. The van der Waals surface area contributed by atoms with E-state index < -0.39 is 0 Å². The molecule has 26 heavy (non-hydrogen) atoms. The Morgan fingerprint density at radius 2 is 1.73 bits per heavy atom. The van der Waals surface area contributed by atoms with E-state index >= 15 is 0 Å². The molecule has 0 bridgehead atoms. The predicted molar refractivity (Wildman–Crippen MR) is 108 cm³/mol. The zero-order valence-electron chi connectivity index (χ0n) is 15.0. The van der Waals surface area contributed by atoms with Crippen LogP contribution in [0.25, 0.3) is 0 Å². The number of hydrogen-bond donors (Lipinski definition) is 3. The van der Waals surface area contributed by atoms with Gasteiger partial charge in [0.2, 0.25) is 5.91 Å². The maximum absolute atomic E-state index is 12.7. The lowest BCUT2D eigenvalue weighted by Gasteiger charge is -2.20. The first-order valence-corrected chi connectivity index (χ1v) is 8.62. The van der Waals surface area contributed by atoms with E-state index in [-0.39, 0.29) is 30.1 Å². The number of fused-ring (bicyclic) bond motifs is 1. The normalized spacial score (nSPS) is 12.4. The summed E-state index contributed by atoms with van der Waals surface area (Å²) >= 11 is 0. The van der Waals surface area contributed by atoms with Gasteiger partial charge in [0.25, 0.3) is 5.91 Å². The molecule has 0 spiro atoms. The molecule has 3 N–H and O–H groups in total. The smallest absolute Gasteiger partial charge is 0.256 e. The van der Waals surface area contributed by atoms with Crippen molar-refractivity contribution in [2.45, 2.75) is 26.7 Å². The molecule has 1 aliphatic rings. The van der Waals surface area contributed by atoms with Gasteiger partial charge < -0.3 is 16.0 Å². The highest BCUT2D eigenvalue weighted by Gasteiger charge is 2.17. The third-order valence-electron chi connectivity index (χ3n) is 4.25. The first kappa shape index (κ1) is 19.8. The van der Waals surface area contributed by atoms with Gasteiger partial charge in [-0.15, -0.1) is 12.4 Å². The molecule has 0 saturated heterocycles. The molecule has 2 amide bonds. The second kappa shape index (κ2) is 8.72. The fraction of sp³-hybridized carbons (Fsp3) is 0.300. The van der Waals surface area contributed by atoms with Crippen molar-refractivity contribution in [2.24, 2.45) is 5.92 Å². The number of benzene rings is 2. The van der Waals surface area contributed by atoms with Gasteiger partial charge in [0.15, 0.2) is 0 Å². The van der Waals surface area contributed by atoms with Crippen LogP contribution in [0.2, 0.25) is 0 Å². The molecule has 3 rings (SSSR count). The lowest BCUT2D eigenvalue weighted by molar-refractivity contribution is -0.118. The van der Waals surface area contributed by atoms with Gasteiger partial charge >= 0.3 is 0 Å². The maximum atomic E-state index is 12.7. The fourth-order valence-electron chi connectivity index (χ4n) is 2.88. The minimum atomic E-state index is -0.132. The van der Waals surface area contributed by atoms with E-state index in [1.807, 2.05) is 50.2 Å². The van der Waals surface area contributed by atoms with Crippen LogP contribution in [0, 0.1) is 5.92 Å². The molecule has 2 aromatic rings. The molecule has 1 aliphatic heterocycles. The van der Waals surface area contributed by atoms with Crippen LogP contribution in [0.4, 0.5) is 17.1 Å². The summed E-state index contributed by atoms with van der Waals surface area (Å²) in [6.45, 7) is 4.62. The van der Waals surface area contributed by atoms with Crippen LogP contribution < -0.4 is 16.0 Å². The average molecular weight is 374 g/mol. The van der Waals surface area contributed by atoms with Crippen LogP contribution in [0.15, 0.2) is 42.5 Å². The number of nitrogens with one attached hydrogen (secondary N) is 3. The number of carbonyl (C=O) groups excluding carboxylic acids is 2. The number of rotatable bonds is 4. The summed E-state index contributed by atoms with van der Waals surface area (Å²) in [6.07, 6.45) is 1.92. The van der Waals surface area contributed by atoms with Gasteiger partial charge in [0.05, 0.1) is 0 Å². The SMILES string of the molecule is CC(C)C(=O)Nc1cccc(NC(=O)c2cccc3c2CCCN3)c1.Cl. The second-order valence-electron chi connectivity index (χ2n) is 6.54. The standard InChI is InChI=1S/C20H23N3O2.ClH/c1-13(2)19(24)22-14-6-3-7-15(12-14)23-20(25)17-8-4-10-18-16(17)9-5-11-21-18;/h3-4,6-8,10,12-13,21H,5,9,11H2,1-2H3,(H,22,24)(H,23,25);1H. The molecule has 0 unspecified atom stereocenters. The summed E-state index contributed by atoms with van der Waals surface area (Å²) in [5.74, 6) is -0.277. The van der Waals surface area contributed by atoms with Gasteiger partial charge in [0.1, 0.15) is 0 Å². The summed E-state index contributed by atoms with van der Waals surface area (Å²) in [7, 11) is 0. The van der Waals surface area contributed by atoms with Crippen LogP contribution >= 0.6 is 12.4 Å². The minimum absolute atomic E-state index is 0. The zero-order chi connectivity index (χ0) is 17.8. The van der Waals surface area contributed by atoms with Gasteiger partial charge in [-0.1, -0.05) is 26.0 Å². The first-order chi connectivity index (χ1) is 12.0. The van der Waals surface area contributed by atoms with Crippen LogP contribution in [-0.2, 0) is 11.2 Å². The van der Waals surface area contributed by atoms with Crippen molar-refractivity contribution in [3.8, 4) is 0 Å². The molecule has 0 radical (unpaired) electrons. The molecule has 138 valence electrons. The molecule has 0 aromatic heterocycles. The molecule has 0 aliphatic carbocycles. The Balaban J connectivity index is 0.00000243. The van der Waals surface area contributed by atoms with Gasteiger partial charge in [0, 0.05) is 35.1 Å². The number of halogens is 1. The fourth-order valence-corrected chi connectivity index (χ4v) is 2.88. The van der Waals surface area contributed by atoms with E-state index in [2.05, 4.69) is 16.0 Å². The number of anilines is 3. The highest BCUT2D eigenvalue weighted by atomic mass is 35.5. The molecular formula is C20H24ClN3O2. The molecule has 0 saturated carbocycles. The summed E-state index contributed by atoms with van der Waals surface area (Å²) < 4.78 is 0. The Morgan fingerprint density at radius 1 is 1.04 bits per heavy atom. The predicted octanol–water partition coefficient (Wildman–Crippen LogP) is 4.31. The van der Waals surface area contributed by atoms with E-state index in [4.69, 9.17) is 0 Å². The van der Waals surface area contributed by atoms with E-state index in [1.165, 1.54) is 0 Å². The van der Waals surface area contributed by atoms with Crippen molar-refractivity contribution in [1.82, 2.24) is 0 Å². The van der Waals surface area contributed by atoms with Gasteiger partial charge in [-0.3, -0.25) is 9.59 Å². The third kappa shape index (κ3) is 4.55. The Hall–Kier alpha value is -2.53. The first-order valence-electron chi connectivity index (χ1n) is 8.62. The molecule has 5 nitrogen and oxygen atoms in total. The van der Waals surface area contributed by atoms with Crippen molar-refractivity contribution in [3.05, 3.63) is 53.6 Å². The second-order valence-corrected chi connectivity index (χ2v) is 6.54. The summed E-state index contributed by atoms with van der Waals surface area (Å²) in [5, 5.41) is 9.11. The van der Waals surface area contributed by atoms with Gasteiger partial charge in [-0.25, -0.2) is 0 Å². The number of amides is 2. The van der Waals surface area contributed by atoms with E-state index in [9.17, 15) is 9.59 Å². The van der Waals surface area contributed by atoms with E-state index in [0.29, 0.717) is 16.9 Å². The average Bonchev–Trinajstić information content (AvgIpc) is 2.61. The number of hydrogen-bond acceptors (Lipinski definition) is 3. The van der Waals surface area contributed by atoms with Crippen LogP contribution in [-0.4, -0.2) is 18.4 Å².